The first-order chi connectivity index (χ1) is 12.8. The number of nitrogens with one attached hydrogen (secondary N) is 2. The zero-order valence-electron chi connectivity index (χ0n) is 16.9. The van der Waals surface area contributed by atoms with Crippen molar-refractivity contribution in [1.82, 2.24) is 30.3 Å². The first-order valence-electron chi connectivity index (χ1n) is 10.4. The Kier molecular flexibility index (Phi) is 9.81. The molecule has 0 bridgehead atoms. The molecule has 1 aliphatic carbocycles. The van der Waals surface area contributed by atoms with Gasteiger partial charge in [0.25, 0.3) is 0 Å². The lowest BCUT2D eigenvalue weighted by molar-refractivity contribution is 0.275. The van der Waals surface area contributed by atoms with Crippen LogP contribution in [0.5, 0.6) is 0 Å². The molecule has 0 spiro atoms. The van der Waals surface area contributed by atoms with Gasteiger partial charge in [-0.15, -0.1) is 34.2 Å². The van der Waals surface area contributed by atoms with E-state index in [1.165, 1.54) is 45.2 Å². The van der Waals surface area contributed by atoms with Gasteiger partial charge in [0.1, 0.15) is 12.2 Å². The molecule has 154 valence electrons. The molecule has 0 amide bonds. The van der Waals surface area contributed by atoms with Gasteiger partial charge in [0.2, 0.25) is 0 Å². The van der Waals surface area contributed by atoms with Crippen LogP contribution >= 0.6 is 24.0 Å². The van der Waals surface area contributed by atoms with Crippen molar-refractivity contribution < 1.29 is 0 Å². The molecule has 7 nitrogen and oxygen atoms in total. The Morgan fingerprint density at radius 2 is 2.07 bits per heavy atom. The molecule has 1 aliphatic heterocycles. The van der Waals surface area contributed by atoms with E-state index in [0.29, 0.717) is 6.04 Å². The second-order valence-electron chi connectivity index (χ2n) is 7.59. The van der Waals surface area contributed by atoms with E-state index < -0.39 is 0 Å². The van der Waals surface area contributed by atoms with Crippen molar-refractivity contribution in [2.75, 3.05) is 32.7 Å². The highest BCUT2D eigenvalue weighted by Crippen LogP contribution is 2.26. The van der Waals surface area contributed by atoms with Crippen molar-refractivity contribution in [2.45, 2.75) is 65.0 Å². The van der Waals surface area contributed by atoms with Crippen molar-refractivity contribution in [3.8, 4) is 0 Å². The summed E-state index contributed by atoms with van der Waals surface area (Å²) in [6, 6.07) is 0.510. The number of halogens is 1. The van der Waals surface area contributed by atoms with E-state index in [0.717, 1.165) is 50.3 Å². The number of nitrogens with zero attached hydrogens (tertiary/aromatic N) is 5. The van der Waals surface area contributed by atoms with Gasteiger partial charge in [0.15, 0.2) is 5.96 Å². The van der Waals surface area contributed by atoms with E-state index in [-0.39, 0.29) is 24.0 Å². The van der Waals surface area contributed by atoms with E-state index in [9.17, 15) is 0 Å². The highest BCUT2D eigenvalue weighted by molar-refractivity contribution is 14.0. The molecule has 1 aromatic rings. The highest BCUT2D eigenvalue weighted by atomic mass is 127. The van der Waals surface area contributed by atoms with Gasteiger partial charge in [-0.3, -0.25) is 4.99 Å². The third-order valence-corrected chi connectivity index (χ3v) is 5.57. The predicted molar refractivity (Wildman–Crippen MR) is 121 cm³/mol. The van der Waals surface area contributed by atoms with Gasteiger partial charge in [-0.1, -0.05) is 19.8 Å². The summed E-state index contributed by atoms with van der Waals surface area (Å²) in [5.74, 6) is 2.90. The van der Waals surface area contributed by atoms with Crippen LogP contribution in [0.15, 0.2) is 11.3 Å². The SMILES string of the molecule is CCNC(=NCCn1cnnc1CC)NC1CCN(CC2CCCC2)C1.I. The molecule has 27 heavy (non-hydrogen) atoms. The zero-order chi connectivity index (χ0) is 18.2. The Labute approximate surface area is 180 Å². The molecule has 1 unspecified atom stereocenters. The number of aryl methyl sites for hydroxylation is 1. The Morgan fingerprint density at radius 1 is 1.26 bits per heavy atom. The number of aromatic nitrogens is 3. The summed E-state index contributed by atoms with van der Waals surface area (Å²) in [7, 11) is 0. The first-order valence-corrected chi connectivity index (χ1v) is 10.4. The summed E-state index contributed by atoms with van der Waals surface area (Å²) in [5.41, 5.74) is 0. The lowest BCUT2D eigenvalue weighted by atomic mass is 10.1. The maximum atomic E-state index is 4.76. The molecule has 1 saturated carbocycles. The standard InChI is InChI=1S/C19H35N7.HI/c1-3-18-24-22-15-26(18)12-10-21-19(20-4-2)23-17-9-11-25(14-17)13-16-7-5-6-8-16;/h15-17H,3-14H2,1-2H3,(H2,20,21,23);1H. The first kappa shape index (κ1) is 22.4. The highest BCUT2D eigenvalue weighted by Gasteiger charge is 2.26. The summed E-state index contributed by atoms with van der Waals surface area (Å²) in [6.07, 6.45) is 9.65. The van der Waals surface area contributed by atoms with Gasteiger partial charge < -0.3 is 20.1 Å². The molecular weight excluding hydrogens is 453 g/mol. The summed E-state index contributed by atoms with van der Waals surface area (Å²) in [6.45, 7) is 10.3. The Morgan fingerprint density at radius 3 is 2.81 bits per heavy atom. The minimum Gasteiger partial charge on any atom is -0.357 e. The van der Waals surface area contributed by atoms with Crippen LogP contribution in [-0.4, -0.2) is 64.4 Å². The van der Waals surface area contributed by atoms with Gasteiger partial charge in [0, 0.05) is 45.2 Å². The Hall–Kier alpha value is -0.900. The number of rotatable bonds is 8. The van der Waals surface area contributed by atoms with E-state index in [1.54, 1.807) is 6.33 Å². The van der Waals surface area contributed by atoms with Crippen molar-refractivity contribution >= 4 is 29.9 Å². The third kappa shape index (κ3) is 6.89. The van der Waals surface area contributed by atoms with E-state index >= 15 is 0 Å². The number of hydrogen-bond donors (Lipinski definition) is 2. The Balaban J connectivity index is 0.00000261. The minimum absolute atomic E-state index is 0. The van der Waals surface area contributed by atoms with E-state index in [4.69, 9.17) is 4.99 Å². The van der Waals surface area contributed by atoms with Crippen molar-refractivity contribution in [2.24, 2.45) is 10.9 Å². The lowest BCUT2D eigenvalue weighted by Gasteiger charge is -2.21. The number of guanidine groups is 1. The van der Waals surface area contributed by atoms with Gasteiger partial charge in [-0.2, -0.15) is 0 Å². The molecular formula is C19H36IN7. The quantitative estimate of drug-likeness (QED) is 0.333. The van der Waals surface area contributed by atoms with Crippen LogP contribution in [0, 0.1) is 5.92 Å². The van der Waals surface area contributed by atoms with E-state index in [2.05, 4.69) is 44.1 Å². The van der Waals surface area contributed by atoms with Crippen molar-refractivity contribution in [1.29, 1.82) is 0 Å². The van der Waals surface area contributed by atoms with Gasteiger partial charge in [-0.25, -0.2) is 0 Å². The van der Waals surface area contributed by atoms with Crippen molar-refractivity contribution in [3.05, 3.63) is 12.2 Å². The van der Waals surface area contributed by atoms with Crippen LogP contribution in [0.2, 0.25) is 0 Å². The molecule has 1 saturated heterocycles. The van der Waals surface area contributed by atoms with Crippen LogP contribution < -0.4 is 10.6 Å². The fourth-order valence-electron chi connectivity index (χ4n) is 4.20. The summed E-state index contributed by atoms with van der Waals surface area (Å²) in [5, 5.41) is 15.1. The molecule has 2 N–H and O–H groups in total. The Bertz CT molecular complexity index is 568. The minimum atomic E-state index is 0. The molecule has 1 atom stereocenters. The van der Waals surface area contributed by atoms with Crippen LogP contribution in [0.3, 0.4) is 0 Å². The van der Waals surface area contributed by atoms with Crippen LogP contribution in [0.4, 0.5) is 0 Å². The molecule has 1 aromatic heterocycles. The molecule has 0 aromatic carbocycles. The topological polar surface area (TPSA) is 70.4 Å². The smallest absolute Gasteiger partial charge is 0.191 e. The third-order valence-electron chi connectivity index (χ3n) is 5.57. The summed E-state index contributed by atoms with van der Waals surface area (Å²) >= 11 is 0. The van der Waals surface area contributed by atoms with Crippen LogP contribution in [0.25, 0.3) is 0 Å². The zero-order valence-corrected chi connectivity index (χ0v) is 19.2. The average Bonchev–Trinajstić information content (AvgIpc) is 3.38. The van der Waals surface area contributed by atoms with Gasteiger partial charge in [0.05, 0.1) is 6.54 Å². The molecule has 3 rings (SSSR count). The molecule has 2 fully saturated rings. The fourth-order valence-corrected chi connectivity index (χ4v) is 4.20. The van der Waals surface area contributed by atoms with Crippen LogP contribution in [-0.2, 0) is 13.0 Å². The maximum Gasteiger partial charge on any atom is 0.191 e. The number of aliphatic imine (C=N–C) groups is 1. The van der Waals surface area contributed by atoms with Crippen LogP contribution in [0.1, 0.15) is 51.8 Å². The van der Waals surface area contributed by atoms with Gasteiger partial charge >= 0.3 is 0 Å². The predicted octanol–water partition coefficient (Wildman–Crippen LogP) is 2.28. The molecule has 2 heterocycles. The summed E-state index contributed by atoms with van der Waals surface area (Å²) in [4.78, 5) is 7.40. The normalized spacial score (nSPS) is 21.4. The monoisotopic (exact) mass is 489 g/mol. The second kappa shape index (κ2) is 11.8. The summed E-state index contributed by atoms with van der Waals surface area (Å²) < 4.78 is 2.09. The molecule has 0 radical (unpaired) electrons. The average molecular weight is 489 g/mol. The largest absolute Gasteiger partial charge is 0.357 e. The number of likely N-dealkylation sites (tertiary alicyclic amines) is 1. The second-order valence-corrected chi connectivity index (χ2v) is 7.59. The number of hydrogen-bond acceptors (Lipinski definition) is 4. The fraction of sp³-hybridized carbons (Fsp3) is 0.842. The maximum absolute atomic E-state index is 4.76. The molecule has 2 aliphatic rings. The lowest BCUT2D eigenvalue weighted by Crippen LogP contribution is -2.45. The van der Waals surface area contributed by atoms with E-state index in [1.807, 2.05) is 0 Å². The van der Waals surface area contributed by atoms with Crippen molar-refractivity contribution in [3.63, 3.8) is 0 Å². The van der Waals surface area contributed by atoms with Gasteiger partial charge in [-0.05, 0) is 32.1 Å². The molecule has 8 heteroatoms.